The number of carbonyl (C=O) groups excluding carboxylic acids is 1. The summed E-state index contributed by atoms with van der Waals surface area (Å²) in [5.41, 5.74) is 0. The van der Waals surface area contributed by atoms with Crippen molar-refractivity contribution < 1.29 is 4.79 Å². The molecule has 0 bridgehead atoms. The zero-order chi connectivity index (χ0) is 14.8. The Balaban J connectivity index is 0.00000400. The molecule has 1 aliphatic rings. The van der Waals surface area contributed by atoms with E-state index in [1.807, 2.05) is 4.90 Å². The number of hydrogen-bond acceptors (Lipinski definition) is 2. The third kappa shape index (κ3) is 7.87. The minimum absolute atomic E-state index is 0. The molecule has 0 unspecified atom stereocenters. The molecule has 1 fully saturated rings. The summed E-state index contributed by atoms with van der Waals surface area (Å²) in [6, 6.07) is 0. The number of carbonyl (C=O) groups is 1. The van der Waals surface area contributed by atoms with Gasteiger partial charge in [0.05, 0.1) is 0 Å². The second-order valence-electron chi connectivity index (χ2n) is 5.35. The van der Waals surface area contributed by atoms with Gasteiger partial charge in [-0.25, -0.2) is 0 Å². The van der Waals surface area contributed by atoms with E-state index < -0.39 is 0 Å². The standard InChI is InChI=1S/C15H30N4O.HI/c1-4-6-11-18(3)15(16-5-2)17-10-8-13-19-12-7-9-14(19)20;/h4-13H2,1-3H3,(H,16,17);1H. The second-order valence-corrected chi connectivity index (χ2v) is 5.35. The van der Waals surface area contributed by atoms with Crippen molar-refractivity contribution in [3.63, 3.8) is 0 Å². The Bertz CT molecular complexity index is 323. The van der Waals surface area contributed by atoms with Gasteiger partial charge in [-0.05, 0) is 26.2 Å². The van der Waals surface area contributed by atoms with Crippen molar-refractivity contribution in [3.05, 3.63) is 0 Å². The summed E-state index contributed by atoms with van der Waals surface area (Å²) in [6.07, 6.45) is 5.07. The number of unbranched alkanes of at least 4 members (excludes halogenated alkanes) is 1. The number of hydrogen-bond donors (Lipinski definition) is 1. The zero-order valence-electron chi connectivity index (χ0n) is 13.7. The maximum Gasteiger partial charge on any atom is 0.222 e. The van der Waals surface area contributed by atoms with Crippen molar-refractivity contribution in [2.45, 2.75) is 46.0 Å². The van der Waals surface area contributed by atoms with Crippen LogP contribution in [0.4, 0.5) is 0 Å². The highest BCUT2D eigenvalue weighted by Gasteiger charge is 2.18. The van der Waals surface area contributed by atoms with E-state index >= 15 is 0 Å². The first-order valence-corrected chi connectivity index (χ1v) is 7.96. The van der Waals surface area contributed by atoms with E-state index in [0.717, 1.165) is 57.9 Å². The summed E-state index contributed by atoms with van der Waals surface area (Å²) in [6.45, 7) is 8.77. The third-order valence-corrected chi connectivity index (χ3v) is 3.56. The van der Waals surface area contributed by atoms with Gasteiger partial charge in [-0.2, -0.15) is 0 Å². The van der Waals surface area contributed by atoms with Crippen molar-refractivity contribution in [2.24, 2.45) is 4.99 Å². The van der Waals surface area contributed by atoms with E-state index in [4.69, 9.17) is 0 Å². The number of nitrogens with zero attached hydrogens (tertiary/aromatic N) is 3. The molecule has 1 aliphatic heterocycles. The van der Waals surface area contributed by atoms with Gasteiger partial charge in [-0.3, -0.25) is 9.79 Å². The fourth-order valence-electron chi connectivity index (χ4n) is 2.36. The second kappa shape index (κ2) is 12.1. The molecular formula is C15H31IN4O. The van der Waals surface area contributed by atoms with Crippen LogP contribution in [0.3, 0.4) is 0 Å². The zero-order valence-corrected chi connectivity index (χ0v) is 16.1. The largest absolute Gasteiger partial charge is 0.357 e. The van der Waals surface area contributed by atoms with Crippen LogP contribution in [0.25, 0.3) is 0 Å². The Kier molecular flexibility index (Phi) is 11.8. The molecule has 5 nitrogen and oxygen atoms in total. The summed E-state index contributed by atoms with van der Waals surface area (Å²) in [5.74, 6) is 1.29. The van der Waals surface area contributed by atoms with Gasteiger partial charge in [-0.1, -0.05) is 13.3 Å². The maximum atomic E-state index is 11.5. The molecule has 124 valence electrons. The van der Waals surface area contributed by atoms with Gasteiger partial charge in [0.2, 0.25) is 5.91 Å². The topological polar surface area (TPSA) is 47.9 Å². The van der Waals surface area contributed by atoms with E-state index in [-0.39, 0.29) is 24.0 Å². The lowest BCUT2D eigenvalue weighted by Crippen LogP contribution is -2.39. The number of nitrogens with one attached hydrogen (secondary N) is 1. The first-order chi connectivity index (χ1) is 9.69. The van der Waals surface area contributed by atoms with Crippen LogP contribution in [0.5, 0.6) is 0 Å². The highest BCUT2D eigenvalue weighted by molar-refractivity contribution is 14.0. The lowest BCUT2D eigenvalue weighted by Gasteiger charge is -2.22. The SMILES string of the molecule is CCCCN(C)C(=NCCCN1CCCC1=O)NCC.I. The maximum absolute atomic E-state index is 11.5. The normalized spacial score (nSPS) is 15.1. The van der Waals surface area contributed by atoms with Crippen molar-refractivity contribution >= 4 is 35.8 Å². The number of halogens is 1. The number of likely N-dealkylation sites (tertiary alicyclic amines) is 1. The van der Waals surface area contributed by atoms with E-state index in [2.05, 4.69) is 36.1 Å². The van der Waals surface area contributed by atoms with E-state index in [9.17, 15) is 4.79 Å². The van der Waals surface area contributed by atoms with Crippen molar-refractivity contribution in [3.8, 4) is 0 Å². The number of amides is 1. The molecule has 0 aromatic heterocycles. The Labute approximate surface area is 146 Å². The molecule has 21 heavy (non-hydrogen) atoms. The fraction of sp³-hybridized carbons (Fsp3) is 0.867. The van der Waals surface area contributed by atoms with E-state index in [0.29, 0.717) is 5.91 Å². The lowest BCUT2D eigenvalue weighted by molar-refractivity contribution is -0.127. The van der Waals surface area contributed by atoms with Gasteiger partial charge < -0.3 is 15.1 Å². The Hall–Kier alpha value is -0.530. The molecule has 1 heterocycles. The molecule has 1 amide bonds. The number of aliphatic imine (C=N–C) groups is 1. The summed E-state index contributed by atoms with van der Waals surface area (Å²) in [7, 11) is 2.08. The smallest absolute Gasteiger partial charge is 0.222 e. The van der Waals surface area contributed by atoms with Gasteiger partial charge in [-0.15, -0.1) is 24.0 Å². The minimum atomic E-state index is 0. The average molecular weight is 410 g/mol. The molecule has 0 atom stereocenters. The predicted molar refractivity (Wildman–Crippen MR) is 99.4 cm³/mol. The third-order valence-electron chi connectivity index (χ3n) is 3.56. The van der Waals surface area contributed by atoms with Crippen molar-refractivity contribution in [2.75, 3.05) is 39.8 Å². The van der Waals surface area contributed by atoms with Crippen LogP contribution in [0.1, 0.15) is 46.0 Å². The number of rotatable bonds is 8. The van der Waals surface area contributed by atoms with Gasteiger partial charge in [0.25, 0.3) is 0 Å². The summed E-state index contributed by atoms with van der Waals surface area (Å²) in [5, 5.41) is 3.32. The van der Waals surface area contributed by atoms with Crippen LogP contribution in [0, 0.1) is 0 Å². The quantitative estimate of drug-likeness (QED) is 0.289. The average Bonchev–Trinajstić information content (AvgIpc) is 2.85. The highest BCUT2D eigenvalue weighted by Crippen LogP contribution is 2.09. The van der Waals surface area contributed by atoms with Crippen LogP contribution in [0.2, 0.25) is 0 Å². The van der Waals surface area contributed by atoms with E-state index in [1.165, 1.54) is 12.8 Å². The lowest BCUT2D eigenvalue weighted by atomic mass is 10.3. The molecule has 1 rings (SSSR count). The Morgan fingerprint density at radius 2 is 2.14 bits per heavy atom. The Morgan fingerprint density at radius 3 is 2.71 bits per heavy atom. The molecule has 0 aromatic carbocycles. The van der Waals surface area contributed by atoms with Crippen molar-refractivity contribution in [1.82, 2.24) is 15.1 Å². The van der Waals surface area contributed by atoms with Gasteiger partial charge in [0, 0.05) is 46.2 Å². The first kappa shape index (κ1) is 20.5. The molecule has 6 heteroatoms. The molecule has 0 aliphatic carbocycles. The molecular weight excluding hydrogens is 379 g/mol. The number of guanidine groups is 1. The van der Waals surface area contributed by atoms with Crippen molar-refractivity contribution in [1.29, 1.82) is 0 Å². The molecule has 0 saturated carbocycles. The fourth-order valence-corrected chi connectivity index (χ4v) is 2.36. The van der Waals surface area contributed by atoms with Gasteiger partial charge in [0.15, 0.2) is 5.96 Å². The van der Waals surface area contributed by atoms with Gasteiger partial charge in [0.1, 0.15) is 0 Å². The predicted octanol–water partition coefficient (Wildman–Crippen LogP) is 2.31. The summed E-state index contributed by atoms with van der Waals surface area (Å²) < 4.78 is 0. The monoisotopic (exact) mass is 410 g/mol. The highest BCUT2D eigenvalue weighted by atomic mass is 127. The molecule has 0 spiro atoms. The first-order valence-electron chi connectivity index (χ1n) is 7.96. The van der Waals surface area contributed by atoms with Crippen LogP contribution in [-0.4, -0.2) is 61.4 Å². The van der Waals surface area contributed by atoms with Crippen LogP contribution in [0.15, 0.2) is 4.99 Å². The summed E-state index contributed by atoms with van der Waals surface area (Å²) in [4.78, 5) is 20.3. The van der Waals surface area contributed by atoms with Gasteiger partial charge >= 0.3 is 0 Å². The Morgan fingerprint density at radius 1 is 1.38 bits per heavy atom. The molecule has 0 radical (unpaired) electrons. The van der Waals surface area contributed by atoms with Crippen LogP contribution in [-0.2, 0) is 4.79 Å². The van der Waals surface area contributed by atoms with Crippen LogP contribution < -0.4 is 5.32 Å². The molecule has 1 saturated heterocycles. The minimum Gasteiger partial charge on any atom is -0.357 e. The molecule has 0 aromatic rings. The molecule has 1 N–H and O–H groups in total. The van der Waals surface area contributed by atoms with E-state index in [1.54, 1.807) is 0 Å². The van der Waals surface area contributed by atoms with Crippen LogP contribution >= 0.6 is 24.0 Å². The summed E-state index contributed by atoms with van der Waals surface area (Å²) >= 11 is 0.